The maximum atomic E-state index is 13.4. The van der Waals surface area contributed by atoms with Crippen LogP contribution in [0.4, 0.5) is 10.1 Å². The van der Waals surface area contributed by atoms with Crippen molar-refractivity contribution in [2.75, 3.05) is 18.0 Å². The Morgan fingerprint density at radius 2 is 2.14 bits per heavy atom. The van der Waals surface area contributed by atoms with E-state index in [-0.39, 0.29) is 24.8 Å². The third-order valence-corrected chi connectivity index (χ3v) is 4.72. The van der Waals surface area contributed by atoms with Crippen molar-refractivity contribution < 1.29 is 14.0 Å². The van der Waals surface area contributed by atoms with Crippen LogP contribution in [0.3, 0.4) is 0 Å². The predicted molar refractivity (Wildman–Crippen MR) is 103 cm³/mol. The molecule has 9 heteroatoms. The standard InChI is InChI=1S/C20H19FN6O2/c21-15-2-1-3-16(11-15)27-13-14(10-19(27)28)20(29)24-7-9-26-8-4-17(25-26)18-12-22-5-6-23-18/h1-6,8,11-12,14H,7,9-10,13H2,(H,24,29)/t14-/m0/s1. The highest BCUT2D eigenvalue weighted by atomic mass is 19.1. The van der Waals surface area contributed by atoms with Gasteiger partial charge < -0.3 is 10.2 Å². The Bertz CT molecular complexity index is 1020. The van der Waals surface area contributed by atoms with Gasteiger partial charge in [-0.2, -0.15) is 5.10 Å². The number of benzene rings is 1. The van der Waals surface area contributed by atoms with Gasteiger partial charge in [-0.15, -0.1) is 0 Å². The molecule has 148 valence electrons. The second-order valence-electron chi connectivity index (χ2n) is 6.73. The van der Waals surface area contributed by atoms with Gasteiger partial charge in [0.1, 0.15) is 17.2 Å². The van der Waals surface area contributed by atoms with Crippen molar-refractivity contribution in [3.05, 3.63) is 60.9 Å². The fourth-order valence-electron chi connectivity index (χ4n) is 3.27. The van der Waals surface area contributed by atoms with Crippen LogP contribution in [0, 0.1) is 11.7 Å². The SMILES string of the molecule is O=C(NCCn1ccc(-c2cnccn2)n1)[C@H]1CC(=O)N(c2cccc(F)c2)C1. The first-order valence-electron chi connectivity index (χ1n) is 9.23. The molecule has 1 aliphatic heterocycles. The number of nitrogens with one attached hydrogen (secondary N) is 1. The molecule has 0 spiro atoms. The lowest BCUT2D eigenvalue weighted by atomic mass is 10.1. The summed E-state index contributed by atoms with van der Waals surface area (Å²) in [5, 5.41) is 7.26. The third-order valence-electron chi connectivity index (χ3n) is 4.72. The molecule has 1 atom stereocenters. The Hall–Kier alpha value is -3.62. The molecule has 0 radical (unpaired) electrons. The maximum Gasteiger partial charge on any atom is 0.227 e. The van der Waals surface area contributed by atoms with Gasteiger partial charge in [-0.05, 0) is 24.3 Å². The molecule has 1 aromatic carbocycles. The monoisotopic (exact) mass is 394 g/mol. The van der Waals surface area contributed by atoms with Crippen LogP contribution in [0.1, 0.15) is 6.42 Å². The van der Waals surface area contributed by atoms with Crippen molar-refractivity contribution in [3.63, 3.8) is 0 Å². The molecule has 4 rings (SSSR count). The molecule has 0 unspecified atom stereocenters. The van der Waals surface area contributed by atoms with Gasteiger partial charge in [-0.25, -0.2) is 4.39 Å². The largest absolute Gasteiger partial charge is 0.354 e. The molecule has 3 aromatic rings. The number of hydrogen-bond acceptors (Lipinski definition) is 5. The summed E-state index contributed by atoms with van der Waals surface area (Å²) in [4.78, 5) is 34.3. The summed E-state index contributed by atoms with van der Waals surface area (Å²) in [6.07, 6.45) is 6.75. The topological polar surface area (TPSA) is 93.0 Å². The van der Waals surface area contributed by atoms with Crippen LogP contribution >= 0.6 is 0 Å². The van der Waals surface area contributed by atoms with Gasteiger partial charge in [0.2, 0.25) is 11.8 Å². The average molecular weight is 394 g/mol. The lowest BCUT2D eigenvalue weighted by Gasteiger charge is -2.16. The number of amides is 2. The Morgan fingerprint density at radius 3 is 2.93 bits per heavy atom. The fourth-order valence-corrected chi connectivity index (χ4v) is 3.27. The summed E-state index contributed by atoms with van der Waals surface area (Å²) in [5.74, 6) is -1.25. The number of nitrogens with zero attached hydrogens (tertiary/aromatic N) is 5. The van der Waals surface area contributed by atoms with Crippen LogP contribution in [-0.2, 0) is 16.1 Å². The van der Waals surface area contributed by atoms with E-state index < -0.39 is 11.7 Å². The summed E-state index contributed by atoms with van der Waals surface area (Å²) in [7, 11) is 0. The van der Waals surface area contributed by atoms with Crippen LogP contribution in [0.15, 0.2) is 55.1 Å². The van der Waals surface area contributed by atoms with Crippen molar-refractivity contribution >= 4 is 17.5 Å². The van der Waals surface area contributed by atoms with Gasteiger partial charge >= 0.3 is 0 Å². The van der Waals surface area contributed by atoms with Gasteiger partial charge in [-0.1, -0.05) is 6.07 Å². The zero-order valence-corrected chi connectivity index (χ0v) is 15.5. The van der Waals surface area contributed by atoms with Crippen molar-refractivity contribution in [1.29, 1.82) is 0 Å². The van der Waals surface area contributed by atoms with Gasteiger partial charge in [0, 0.05) is 43.8 Å². The molecule has 0 bridgehead atoms. The first kappa shape index (κ1) is 18.7. The van der Waals surface area contributed by atoms with Crippen molar-refractivity contribution in [1.82, 2.24) is 25.1 Å². The summed E-state index contributed by atoms with van der Waals surface area (Å²) in [6, 6.07) is 7.65. The number of halogens is 1. The fraction of sp³-hybridized carbons (Fsp3) is 0.250. The van der Waals surface area contributed by atoms with E-state index in [1.807, 2.05) is 6.07 Å². The van der Waals surface area contributed by atoms with Crippen molar-refractivity contribution in [2.45, 2.75) is 13.0 Å². The van der Waals surface area contributed by atoms with Gasteiger partial charge in [0.25, 0.3) is 0 Å². The van der Waals surface area contributed by atoms with E-state index in [0.717, 1.165) is 0 Å². The zero-order valence-electron chi connectivity index (χ0n) is 15.5. The number of carbonyl (C=O) groups excluding carboxylic acids is 2. The first-order valence-corrected chi connectivity index (χ1v) is 9.23. The minimum atomic E-state index is -0.460. The van der Waals surface area contributed by atoms with Crippen LogP contribution < -0.4 is 10.2 Å². The lowest BCUT2D eigenvalue weighted by Crippen LogP contribution is -2.34. The van der Waals surface area contributed by atoms with E-state index in [1.54, 1.807) is 41.6 Å². The lowest BCUT2D eigenvalue weighted by molar-refractivity contribution is -0.126. The Labute approximate surface area is 166 Å². The molecule has 8 nitrogen and oxygen atoms in total. The van der Waals surface area contributed by atoms with E-state index in [9.17, 15) is 14.0 Å². The van der Waals surface area contributed by atoms with Gasteiger partial charge in [-0.3, -0.25) is 24.2 Å². The number of carbonyl (C=O) groups is 2. The Balaban J connectivity index is 1.29. The summed E-state index contributed by atoms with van der Waals surface area (Å²) in [5.41, 5.74) is 1.85. The third kappa shape index (κ3) is 4.29. The molecule has 1 N–H and O–H groups in total. The molecule has 29 heavy (non-hydrogen) atoms. The molecule has 0 saturated carbocycles. The zero-order chi connectivity index (χ0) is 20.2. The van der Waals surface area contributed by atoms with E-state index in [1.165, 1.54) is 17.0 Å². The molecule has 2 aromatic heterocycles. The van der Waals surface area contributed by atoms with E-state index in [0.29, 0.717) is 30.2 Å². The van der Waals surface area contributed by atoms with E-state index in [4.69, 9.17) is 0 Å². The number of rotatable bonds is 6. The normalized spacial score (nSPS) is 16.2. The van der Waals surface area contributed by atoms with Gasteiger partial charge in [0.05, 0.1) is 18.7 Å². The molecule has 1 fully saturated rings. The summed E-state index contributed by atoms with van der Waals surface area (Å²) < 4.78 is 15.1. The second-order valence-corrected chi connectivity index (χ2v) is 6.73. The van der Waals surface area contributed by atoms with Crippen LogP contribution in [-0.4, -0.2) is 44.7 Å². The van der Waals surface area contributed by atoms with Crippen molar-refractivity contribution in [3.8, 4) is 11.4 Å². The molecule has 1 saturated heterocycles. The maximum absolute atomic E-state index is 13.4. The second kappa shape index (κ2) is 8.17. The minimum Gasteiger partial charge on any atom is -0.354 e. The molecular weight excluding hydrogens is 375 g/mol. The Kier molecular flexibility index (Phi) is 5.28. The molecular formula is C20H19FN6O2. The molecule has 0 aliphatic carbocycles. The first-order chi connectivity index (χ1) is 14.1. The van der Waals surface area contributed by atoms with Crippen LogP contribution in [0.25, 0.3) is 11.4 Å². The highest BCUT2D eigenvalue weighted by molar-refractivity contribution is 6.00. The number of hydrogen-bond donors (Lipinski definition) is 1. The van der Waals surface area contributed by atoms with Crippen molar-refractivity contribution in [2.24, 2.45) is 5.92 Å². The number of anilines is 1. The van der Waals surface area contributed by atoms with E-state index in [2.05, 4.69) is 20.4 Å². The smallest absolute Gasteiger partial charge is 0.227 e. The highest BCUT2D eigenvalue weighted by Gasteiger charge is 2.35. The van der Waals surface area contributed by atoms with E-state index >= 15 is 0 Å². The molecule has 2 amide bonds. The molecule has 3 heterocycles. The molecule has 1 aliphatic rings. The van der Waals surface area contributed by atoms with Gasteiger partial charge in [0.15, 0.2) is 0 Å². The summed E-state index contributed by atoms with van der Waals surface area (Å²) in [6.45, 7) is 1.11. The number of aromatic nitrogens is 4. The highest BCUT2D eigenvalue weighted by Crippen LogP contribution is 2.25. The predicted octanol–water partition coefficient (Wildman–Crippen LogP) is 1.65. The summed E-state index contributed by atoms with van der Waals surface area (Å²) >= 11 is 0. The van der Waals surface area contributed by atoms with Crippen LogP contribution in [0.5, 0.6) is 0 Å². The van der Waals surface area contributed by atoms with Crippen LogP contribution in [0.2, 0.25) is 0 Å². The average Bonchev–Trinajstić information content (AvgIpc) is 3.35. The quantitative estimate of drug-likeness (QED) is 0.686. The Morgan fingerprint density at radius 1 is 1.24 bits per heavy atom. The minimum absolute atomic E-state index is 0.112.